The van der Waals surface area contributed by atoms with Gasteiger partial charge in [-0.25, -0.2) is 8.42 Å². The van der Waals surface area contributed by atoms with Crippen LogP contribution in [-0.2, 0) is 21.2 Å². The molecule has 1 saturated heterocycles. The van der Waals surface area contributed by atoms with Crippen LogP contribution in [0, 0.1) is 12.8 Å². The van der Waals surface area contributed by atoms with Crippen LogP contribution >= 0.6 is 23.2 Å². The van der Waals surface area contributed by atoms with Gasteiger partial charge in [-0.2, -0.15) is 4.31 Å². The fourth-order valence-corrected chi connectivity index (χ4v) is 5.79. The topological polar surface area (TPSA) is 54.5 Å². The molecule has 0 aromatic heterocycles. The molecule has 0 unspecified atom stereocenters. The Hall–Kier alpha value is -1.40. The highest BCUT2D eigenvalue weighted by Crippen LogP contribution is 2.28. The quantitative estimate of drug-likeness (QED) is 0.642. The highest BCUT2D eigenvalue weighted by Gasteiger charge is 2.32. The second-order valence-electron chi connectivity index (χ2n) is 7.18. The third-order valence-electron chi connectivity index (χ3n) is 5.29. The van der Waals surface area contributed by atoms with Gasteiger partial charge in [-0.05, 0) is 55.5 Å². The number of carbonyl (C=O) groups excluding carboxylic acids is 1. The van der Waals surface area contributed by atoms with Crippen LogP contribution in [0.5, 0.6) is 0 Å². The number of rotatable bonds is 6. The molecule has 0 saturated carbocycles. The molecule has 0 atom stereocenters. The van der Waals surface area contributed by atoms with Crippen molar-refractivity contribution >= 4 is 39.0 Å². The number of halogens is 2. The van der Waals surface area contributed by atoms with Gasteiger partial charge in [0.05, 0.1) is 4.90 Å². The number of sulfonamides is 1. The Morgan fingerprint density at radius 1 is 1.07 bits per heavy atom. The molecule has 0 radical (unpaired) electrons. The lowest BCUT2D eigenvalue weighted by Crippen LogP contribution is -2.40. The predicted molar refractivity (Wildman–Crippen MR) is 112 cm³/mol. The maximum atomic E-state index is 12.8. The van der Waals surface area contributed by atoms with E-state index in [1.807, 2.05) is 31.2 Å². The number of carbonyl (C=O) groups is 1. The van der Waals surface area contributed by atoms with Gasteiger partial charge in [0.25, 0.3) is 0 Å². The first-order chi connectivity index (χ1) is 13.3. The molecule has 0 spiro atoms. The van der Waals surface area contributed by atoms with E-state index in [4.69, 9.17) is 23.2 Å². The molecule has 7 heteroatoms. The molecule has 28 heavy (non-hydrogen) atoms. The van der Waals surface area contributed by atoms with Crippen molar-refractivity contribution in [2.45, 2.75) is 37.5 Å². The lowest BCUT2D eigenvalue weighted by Gasteiger charge is -2.30. The zero-order valence-corrected chi connectivity index (χ0v) is 18.0. The van der Waals surface area contributed by atoms with Crippen molar-refractivity contribution in [1.29, 1.82) is 0 Å². The lowest BCUT2D eigenvalue weighted by atomic mass is 9.90. The average molecular weight is 440 g/mol. The Bertz CT molecular complexity index is 947. The van der Waals surface area contributed by atoms with E-state index in [9.17, 15) is 13.2 Å². The summed E-state index contributed by atoms with van der Waals surface area (Å²) in [5.74, 6) is 0.129. The normalized spacial score (nSPS) is 16.2. The van der Waals surface area contributed by atoms with Crippen molar-refractivity contribution in [3.05, 3.63) is 63.6 Å². The van der Waals surface area contributed by atoms with Crippen LogP contribution in [0.3, 0.4) is 0 Å². The molecule has 1 heterocycles. The van der Waals surface area contributed by atoms with Crippen LogP contribution < -0.4 is 0 Å². The Morgan fingerprint density at radius 2 is 1.68 bits per heavy atom. The molecule has 150 valence electrons. The molecule has 1 fully saturated rings. The number of nitrogens with zero attached hydrogens (tertiary/aromatic N) is 1. The van der Waals surface area contributed by atoms with Gasteiger partial charge in [0.15, 0.2) is 0 Å². The number of ketones is 1. The Labute approximate surface area is 176 Å². The minimum Gasteiger partial charge on any atom is -0.299 e. The van der Waals surface area contributed by atoms with Crippen LogP contribution in [0.25, 0.3) is 0 Å². The highest BCUT2D eigenvalue weighted by molar-refractivity contribution is 7.89. The Balaban J connectivity index is 1.59. The first-order valence-corrected chi connectivity index (χ1v) is 11.5. The number of Topliss-reactive ketones (excluding diaryl/α,β-unsaturated/α-hetero) is 1. The van der Waals surface area contributed by atoms with E-state index in [0.717, 1.165) is 6.42 Å². The maximum absolute atomic E-state index is 12.8. The molecule has 0 amide bonds. The lowest BCUT2D eigenvalue weighted by molar-refractivity contribution is -0.123. The third-order valence-corrected chi connectivity index (χ3v) is 7.60. The molecule has 2 aromatic rings. The van der Waals surface area contributed by atoms with E-state index in [0.29, 0.717) is 32.4 Å². The van der Waals surface area contributed by atoms with Crippen LogP contribution in [0.15, 0.2) is 47.4 Å². The van der Waals surface area contributed by atoms with Gasteiger partial charge in [0, 0.05) is 35.5 Å². The fraction of sp³-hybridized carbons (Fsp3) is 0.381. The molecule has 2 aromatic carbocycles. The summed E-state index contributed by atoms with van der Waals surface area (Å²) in [6.07, 6.45) is 2.30. The smallest absolute Gasteiger partial charge is 0.243 e. The second kappa shape index (κ2) is 8.95. The predicted octanol–water partition coefficient (Wildman–Crippen LogP) is 4.90. The average Bonchev–Trinajstić information content (AvgIpc) is 2.66. The zero-order chi connectivity index (χ0) is 20.3. The first-order valence-electron chi connectivity index (χ1n) is 9.31. The van der Waals surface area contributed by atoms with Crippen molar-refractivity contribution in [3.63, 3.8) is 0 Å². The fourth-order valence-electron chi connectivity index (χ4n) is 3.60. The van der Waals surface area contributed by atoms with Crippen molar-refractivity contribution in [3.8, 4) is 0 Å². The minimum absolute atomic E-state index is 0.0848. The van der Waals surface area contributed by atoms with Gasteiger partial charge in [-0.15, -0.1) is 0 Å². The van der Waals surface area contributed by atoms with E-state index < -0.39 is 10.0 Å². The summed E-state index contributed by atoms with van der Waals surface area (Å²) in [5, 5.41) is 0.569. The molecular formula is C21H23Cl2NO3S. The van der Waals surface area contributed by atoms with Gasteiger partial charge < -0.3 is 0 Å². The molecule has 0 N–H and O–H groups in total. The summed E-state index contributed by atoms with van der Waals surface area (Å²) < 4.78 is 27.1. The summed E-state index contributed by atoms with van der Waals surface area (Å²) >= 11 is 11.9. The zero-order valence-electron chi connectivity index (χ0n) is 15.7. The van der Waals surface area contributed by atoms with Crippen molar-refractivity contribution in [2.75, 3.05) is 13.1 Å². The number of aryl methyl sites for hydroxylation is 2. The molecule has 1 aliphatic rings. The SMILES string of the molecule is Cc1ccccc1CCC(=O)C1CCN(S(=O)(=O)c2cc(Cl)cc(Cl)c2)CC1. The third kappa shape index (κ3) is 4.95. The molecule has 0 aliphatic carbocycles. The van der Waals surface area contributed by atoms with E-state index in [-0.39, 0.29) is 26.6 Å². The Kier molecular flexibility index (Phi) is 6.81. The van der Waals surface area contributed by atoms with Crippen molar-refractivity contribution in [1.82, 2.24) is 4.31 Å². The van der Waals surface area contributed by atoms with E-state index >= 15 is 0 Å². The van der Waals surface area contributed by atoms with Gasteiger partial charge in [0.2, 0.25) is 10.0 Å². The van der Waals surface area contributed by atoms with Crippen LogP contribution in [-0.4, -0.2) is 31.6 Å². The monoisotopic (exact) mass is 439 g/mol. The van der Waals surface area contributed by atoms with Crippen molar-refractivity contribution < 1.29 is 13.2 Å². The summed E-state index contributed by atoms with van der Waals surface area (Å²) in [4.78, 5) is 12.7. The molecular weight excluding hydrogens is 417 g/mol. The van der Waals surface area contributed by atoms with Crippen LogP contribution in [0.2, 0.25) is 10.0 Å². The number of piperidine rings is 1. The number of hydrogen-bond acceptors (Lipinski definition) is 3. The van der Waals surface area contributed by atoms with Crippen LogP contribution in [0.4, 0.5) is 0 Å². The standard InChI is InChI=1S/C21H23Cl2NO3S/c1-15-4-2-3-5-16(15)6-7-21(25)17-8-10-24(11-9-17)28(26,27)20-13-18(22)12-19(23)14-20/h2-5,12-14,17H,6-11H2,1H3. The van der Waals surface area contributed by atoms with E-state index in [2.05, 4.69) is 0 Å². The summed E-state index contributed by atoms with van der Waals surface area (Å²) in [7, 11) is -3.66. The largest absolute Gasteiger partial charge is 0.299 e. The highest BCUT2D eigenvalue weighted by atomic mass is 35.5. The number of benzene rings is 2. The van der Waals surface area contributed by atoms with Crippen molar-refractivity contribution in [2.24, 2.45) is 5.92 Å². The second-order valence-corrected chi connectivity index (χ2v) is 9.99. The van der Waals surface area contributed by atoms with Crippen LogP contribution in [0.1, 0.15) is 30.4 Å². The van der Waals surface area contributed by atoms with E-state index in [1.54, 1.807) is 0 Å². The molecule has 3 rings (SSSR count). The summed E-state index contributed by atoms with van der Waals surface area (Å²) in [6.45, 7) is 2.70. The van der Waals surface area contributed by atoms with Gasteiger partial charge >= 0.3 is 0 Å². The molecule has 4 nitrogen and oxygen atoms in total. The van der Waals surface area contributed by atoms with Gasteiger partial charge in [0.1, 0.15) is 5.78 Å². The minimum atomic E-state index is -3.66. The molecule has 0 bridgehead atoms. The van der Waals surface area contributed by atoms with Gasteiger partial charge in [-0.1, -0.05) is 47.5 Å². The summed E-state index contributed by atoms with van der Waals surface area (Å²) in [5.41, 5.74) is 2.38. The maximum Gasteiger partial charge on any atom is 0.243 e. The van der Waals surface area contributed by atoms with E-state index in [1.165, 1.54) is 33.6 Å². The molecule has 1 aliphatic heterocycles. The van der Waals surface area contributed by atoms with Gasteiger partial charge in [-0.3, -0.25) is 4.79 Å². The number of hydrogen-bond donors (Lipinski definition) is 0. The first kappa shape index (κ1) is 21.3. The summed E-state index contributed by atoms with van der Waals surface area (Å²) in [6, 6.07) is 12.4. The Morgan fingerprint density at radius 3 is 2.29 bits per heavy atom.